The number of nitrogens with one attached hydrogen (secondary N) is 2. The molecule has 0 aliphatic carbocycles. The van der Waals surface area contributed by atoms with Crippen molar-refractivity contribution in [2.24, 2.45) is 0 Å². The molecule has 1 aliphatic rings. The first-order valence-corrected chi connectivity index (χ1v) is 11.2. The maximum atomic E-state index is 13.2. The van der Waals surface area contributed by atoms with Gasteiger partial charge in [0, 0.05) is 5.70 Å². The summed E-state index contributed by atoms with van der Waals surface area (Å²) in [5.74, 6) is -0.260. The highest BCUT2D eigenvalue weighted by Crippen LogP contribution is 2.42. The molecule has 1 aliphatic heterocycles. The van der Waals surface area contributed by atoms with Crippen LogP contribution in [0.3, 0.4) is 0 Å². The third-order valence-electron chi connectivity index (χ3n) is 5.78. The smallest absolute Gasteiger partial charge is 0.338 e. The molecular formula is C27H34N2O4. The molecule has 2 amide bonds. The highest BCUT2D eigenvalue weighted by Gasteiger charge is 2.35. The Hall–Kier alpha value is -3.28. The number of ether oxygens (including phenoxy) is 1. The number of amides is 2. The van der Waals surface area contributed by atoms with Gasteiger partial charge < -0.3 is 20.5 Å². The number of rotatable bonds is 4. The Bertz CT molecular complexity index is 1050. The van der Waals surface area contributed by atoms with Crippen molar-refractivity contribution in [3.63, 3.8) is 0 Å². The van der Waals surface area contributed by atoms with Crippen LogP contribution in [0.5, 0.6) is 5.75 Å². The zero-order valence-corrected chi connectivity index (χ0v) is 20.5. The largest absolute Gasteiger partial charge is 0.507 e. The molecule has 3 rings (SSSR count). The summed E-state index contributed by atoms with van der Waals surface area (Å²) in [6.07, 6.45) is 0. The summed E-state index contributed by atoms with van der Waals surface area (Å²) in [6, 6.07) is 12.1. The number of hydrogen-bond donors (Lipinski definition) is 3. The van der Waals surface area contributed by atoms with Gasteiger partial charge in [0.2, 0.25) is 0 Å². The molecule has 33 heavy (non-hydrogen) atoms. The topological polar surface area (TPSA) is 87.7 Å². The predicted molar refractivity (Wildman–Crippen MR) is 129 cm³/mol. The molecule has 0 fully saturated rings. The number of esters is 1. The second-order valence-electron chi connectivity index (χ2n) is 10.6. The molecule has 0 radical (unpaired) electrons. The number of carbonyl (C=O) groups is 2. The van der Waals surface area contributed by atoms with Crippen molar-refractivity contribution in [3.8, 4) is 5.75 Å². The normalized spacial score (nSPS) is 16.8. The fourth-order valence-corrected chi connectivity index (χ4v) is 3.98. The quantitative estimate of drug-likeness (QED) is 0.547. The fourth-order valence-electron chi connectivity index (χ4n) is 3.98. The molecule has 176 valence electrons. The summed E-state index contributed by atoms with van der Waals surface area (Å²) in [6.45, 7) is 14.0. The highest BCUT2D eigenvalue weighted by atomic mass is 16.5. The molecule has 1 unspecified atom stereocenters. The van der Waals surface area contributed by atoms with Crippen LogP contribution in [0.25, 0.3) is 0 Å². The summed E-state index contributed by atoms with van der Waals surface area (Å²) < 4.78 is 5.61. The van der Waals surface area contributed by atoms with Crippen LogP contribution < -0.4 is 10.6 Å². The molecule has 0 spiro atoms. The number of urea groups is 1. The molecule has 2 aromatic carbocycles. The lowest BCUT2D eigenvalue weighted by Crippen LogP contribution is -2.45. The van der Waals surface area contributed by atoms with Crippen LogP contribution in [0.15, 0.2) is 53.7 Å². The van der Waals surface area contributed by atoms with E-state index in [9.17, 15) is 14.7 Å². The second kappa shape index (κ2) is 8.93. The second-order valence-corrected chi connectivity index (χ2v) is 10.6. The highest BCUT2D eigenvalue weighted by molar-refractivity contribution is 5.95. The molecule has 0 saturated carbocycles. The SMILES string of the molecule is CC1=C(C(=O)OCc2ccccc2)C(c2cc(C(C)(C)C)c(O)c(C(C)(C)C)c2)NC(=O)N1. The van der Waals surface area contributed by atoms with Crippen LogP contribution >= 0.6 is 0 Å². The Labute approximate surface area is 196 Å². The number of aromatic hydroxyl groups is 1. The van der Waals surface area contributed by atoms with Gasteiger partial charge in [0.05, 0.1) is 11.6 Å². The summed E-state index contributed by atoms with van der Waals surface area (Å²) in [7, 11) is 0. The number of carbonyl (C=O) groups excluding carboxylic acids is 2. The maximum absolute atomic E-state index is 13.2. The summed E-state index contributed by atoms with van der Waals surface area (Å²) in [5, 5.41) is 16.6. The number of phenols is 1. The van der Waals surface area contributed by atoms with Crippen molar-refractivity contribution in [1.29, 1.82) is 0 Å². The predicted octanol–water partition coefficient (Wildman–Crippen LogP) is 5.36. The lowest BCUT2D eigenvalue weighted by atomic mass is 9.77. The Morgan fingerprint density at radius 1 is 1.00 bits per heavy atom. The van der Waals surface area contributed by atoms with Crippen molar-refractivity contribution in [1.82, 2.24) is 10.6 Å². The standard InChI is InChI=1S/C27H34N2O4/c1-16-21(24(31)33-15-17-11-9-8-10-12-17)22(29-25(32)28-16)18-13-19(26(2,3)4)23(30)20(14-18)27(5,6)7/h8-14,22,30H,15H2,1-7H3,(H2,28,29,32). The number of benzene rings is 2. The minimum Gasteiger partial charge on any atom is -0.507 e. The number of allylic oxidation sites excluding steroid dienone is 1. The van der Waals surface area contributed by atoms with E-state index in [0.717, 1.165) is 22.3 Å². The van der Waals surface area contributed by atoms with Gasteiger partial charge in [-0.2, -0.15) is 0 Å². The molecule has 0 saturated heterocycles. The zero-order valence-electron chi connectivity index (χ0n) is 20.5. The van der Waals surface area contributed by atoms with Gasteiger partial charge in [-0.25, -0.2) is 9.59 Å². The Morgan fingerprint density at radius 3 is 2.06 bits per heavy atom. The number of hydrogen-bond acceptors (Lipinski definition) is 4. The van der Waals surface area contributed by atoms with Gasteiger partial charge in [-0.05, 0) is 52.1 Å². The third kappa shape index (κ3) is 5.38. The van der Waals surface area contributed by atoms with Crippen molar-refractivity contribution < 1.29 is 19.4 Å². The van der Waals surface area contributed by atoms with E-state index in [1.54, 1.807) is 6.92 Å². The van der Waals surface area contributed by atoms with Crippen molar-refractivity contribution >= 4 is 12.0 Å². The third-order valence-corrected chi connectivity index (χ3v) is 5.78. The van der Waals surface area contributed by atoms with Crippen LogP contribution in [0, 0.1) is 0 Å². The first-order chi connectivity index (χ1) is 15.3. The molecule has 6 heteroatoms. The molecule has 1 heterocycles. The van der Waals surface area contributed by atoms with Gasteiger partial charge in [-0.1, -0.05) is 71.9 Å². The van der Waals surface area contributed by atoms with E-state index in [4.69, 9.17) is 4.74 Å². The Kier molecular flexibility index (Phi) is 6.59. The van der Waals surface area contributed by atoms with E-state index >= 15 is 0 Å². The average Bonchev–Trinajstić information content (AvgIpc) is 2.70. The molecule has 2 aromatic rings. The van der Waals surface area contributed by atoms with E-state index in [2.05, 4.69) is 10.6 Å². The van der Waals surface area contributed by atoms with Crippen LogP contribution in [0.2, 0.25) is 0 Å². The van der Waals surface area contributed by atoms with E-state index in [-0.39, 0.29) is 29.2 Å². The minimum absolute atomic E-state index is 0.132. The van der Waals surface area contributed by atoms with Crippen molar-refractivity contribution in [2.45, 2.75) is 71.9 Å². The molecule has 0 aromatic heterocycles. The average molecular weight is 451 g/mol. The van der Waals surface area contributed by atoms with Gasteiger partial charge >= 0.3 is 12.0 Å². The Balaban J connectivity index is 2.07. The molecule has 6 nitrogen and oxygen atoms in total. The number of phenolic OH excluding ortho intramolecular Hbond substituents is 1. The lowest BCUT2D eigenvalue weighted by molar-refractivity contribution is -0.140. The van der Waals surface area contributed by atoms with Crippen molar-refractivity contribution in [2.75, 3.05) is 0 Å². The van der Waals surface area contributed by atoms with E-state index in [0.29, 0.717) is 11.3 Å². The first kappa shape index (κ1) is 24.4. The van der Waals surface area contributed by atoms with Crippen molar-refractivity contribution in [3.05, 3.63) is 76.0 Å². The van der Waals surface area contributed by atoms with E-state index in [1.807, 2.05) is 84.0 Å². The lowest BCUT2D eigenvalue weighted by Gasteiger charge is -2.32. The first-order valence-electron chi connectivity index (χ1n) is 11.2. The molecular weight excluding hydrogens is 416 g/mol. The van der Waals surface area contributed by atoms with Crippen LogP contribution in [0.1, 0.15) is 76.8 Å². The van der Waals surface area contributed by atoms with Gasteiger partial charge in [0.15, 0.2) is 0 Å². The maximum Gasteiger partial charge on any atom is 0.338 e. The van der Waals surface area contributed by atoms with E-state index < -0.39 is 12.0 Å². The van der Waals surface area contributed by atoms with Gasteiger partial charge in [-0.3, -0.25) is 0 Å². The van der Waals surface area contributed by atoms with Gasteiger partial charge in [0.25, 0.3) is 0 Å². The summed E-state index contributed by atoms with van der Waals surface area (Å²) in [5.41, 5.74) is 3.22. The van der Waals surface area contributed by atoms with Gasteiger partial charge in [0.1, 0.15) is 12.4 Å². The summed E-state index contributed by atoms with van der Waals surface area (Å²) >= 11 is 0. The molecule has 3 N–H and O–H groups in total. The fraction of sp³-hybridized carbons (Fsp3) is 0.407. The molecule has 0 bridgehead atoms. The van der Waals surface area contributed by atoms with Crippen LogP contribution in [-0.4, -0.2) is 17.1 Å². The Morgan fingerprint density at radius 2 is 1.55 bits per heavy atom. The summed E-state index contributed by atoms with van der Waals surface area (Å²) in [4.78, 5) is 25.6. The minimum atomic E-state index is -0.704. The zero-order chi connectivity index (χ0) is 24.6. The monoisotopic (exact) mass is 450 g/mol. The van der Waals surface area contributed by atoms with Crippen LogP contribution in [-0.2, 0) is 27.0 Å². The molecule has 1 atom stereocenters. The van der Waals surface area contributed by atoms with Crippen LogP contribution in [0.4, 0.5) is 4.79 Å². The van der Waals surface area contributed by atoms with E-state index in [1.165, 1.54) is 0 Å². The van der Waals surface area contributed by atoms with Gasteiger partial charge in [-0.15, -0.1) is 0 Å².